The van der Waals surface area contributed by atoms with Crippen molar-refractivity contribution in [2.45, 2.75) is 12.8 Å². The van der Waals surface area contributed by atoms with E-state index in [4.69, 9.17) is 0 Å². The number of carbonyl (C=O) groups is 2. The molecule has 1 aliphatic heterocycles. The summed E-state index contributed by atoms with van der Waals surface area (Å²) in [5.41, 5.74) is 0.801. The van der Waals surface area contributed by atoms with Gasteiger partial charge in [0.2, 0.25) is 5.91 Å². The molecule has 0 radical (unpaired) electrons. The number of carbonyl (C=O) groups excluding carboxylic acids is 2. The van der Waals surface area contributed by atoms with Crippen molar-refractivity contribution in [2.24, 2.45) is 5.92 Å². The SMILES string of the molecule is O=C(Nc1ccc2ccccc2c1)[C@H]1CCCN(C(=O)c2cccs2)C1. The van der Waals surface area contributed by atoms with Gasteiger partial charge >= 0.3 is 0 Å². The molecule has 0 aliphatic carbocycles. The van der Waals surface area contributed by atoms with Crippen molar-refractivity contribution in [3.63, 3.8) is 0 Å². The molecule has 1 fully saturated rings. The highest BCUT2D eigenvalue weighted by molar-refractivity contribution is 7.12. The molecular formula is C21H20N2O2S. The van der Waals surface area contributed by atoms with Crippen LogP contribution in [0.4, 0.5) is 5.69 Å². The summed E-state index contributed by atoms with van der Waals surface area (Å²) < 4.78 is 0. The first kappa shape index (κ1) is 16.8. The zero-order valence-electron chi connectivity index (χ0n) is 14.4. The summed E-state index contributed by atoms with van der Waals surface area (Å²) in [6.45, 7) is 1.20. The minimum absolute atomic E-state index is 0.0102. The largest absolute Gasteiger partial charge is 0.337 e. The summed E-state index contributed by atoms with van der Waals surface area (Å²) in [7, 11) is 0. The van der Waals surface area contributed by atoms with Crippen molar-refractivity contribution in [2.75, 3.05) is 18.4 Å². The molecule has 3 aromatic rings. The zero-order valence-corrected chi connectivity index (χ0v) is 15.2. The van der Waals surface area contributed by atoms with E-state index in [-0.39, 0.29) is 17.7 Å². The lowest BCUT2D eigenvalue weighted by atomic mass is 9.96. The summed E-state index contributed by atoms with van der Waals surface area (Å²) in [5.74, 6) is -0.147. The summed E-state index contributed by atoms with van der Waals surface area (Å²) in [5, 5.41) is 7.18. The maximum atomic E-state index is 12.7. The molecule has 2 amide bonds. The number of hydrogen-bond acceptors (Lipinski definition) is 3. The van der Waals surface area contributed by atoms with Gasteiger partial charge in [-0.3, -0.25) is 9.59 Å². The highest BCUT2D eigenvalue weighted by atomic mass is 32.1. The number of likely N-dealkylation sites (tertiary alicyclic amines) is 1. The molecule has 1 aliphatic rings. The summed E-state index contributed by atoms with van der Waals surface area (Å²) in [6, 6.07) is 17.7. The van der Waals surface area contributed by atoms with Crippen LogP contribution in [-0.4, -0.2) is 29.8 Å². The number of rotatable bonds is 3. The monoisotopic (exact) mass is 364 g/mol. The van der Waals surface area contributed by atoms with Crippen LogP contribution in [0.2, 0.25) is 0 Å². The van der Waals surface area contributed by atoms with Crippen molar-refractivity contribution in [3.8, 4) is 0 Å². The second-order valence-corrected chi connectivity index (χ2v) is 7.57. The van der Waals surface area contributed by atoms with Crippen molar-refractivity contribution >= 4 is 39.6 Å². The fourth-order valence-corrected chi connectivity index (χ4v) is 4.13. The summed E-state index contributed by atoms with van der Waals surface area (Å²) in [4.78, 5) is 27.8. The Balaban J connectivity index is 1.44. The molecule has 1 aromatic heterocycles. The lowest BCUT2D eigenvalue weighted by Gasteiger charge is -2.31. The number of benzene rings is 2. The average Bonchev–Trinajstić information content (AvgIpc) is 3.22. The molecule has 0 unspecified atom stereocenters. The van der Waals surface area contributed by atoms with Crippen LogP contribution in [0.5, 0.6) is 0 Å². The van der Waals surface area contributed by atoms with Crippen LogP contribution in [0, 0.1) is 5.92 Å². The van der Waals surface area contributed by atoms with Gasteiger partial charge in [0.25, 0.3) is 5.91 Å². The molecule has 132 valence electrons. The van der Waals surface area contributed by atoms with Gasteiger partial charge in [-0.1, -0.05) is 36.4 Å². The van der Waals surface area contributed by atoms with Crippen LogP contribution < -0.4 is 5.32 Å². The number of amides is 2. The molecule has 1 atom stereocenters. The number of anilines is 1. The molecule has 2 aromatic carbocycles. The molecule has 0 saturated carbocycles. The fraction of sp³-hybridized carbons (Fsp3) is 0.238. The second kappa shape index (κ2) is 7.30. The zero-order chi connectivity index (χ0) is 17.9. The third kappa shape index (κ3) is 3.48. The van der Waals surface area contributed by atoms with Gasteiger partial charge in [0, 0.05) is 18.8 Å². The Labute approximate surface area is 156 Å². The fourth-order valence-electron chi connectivity index (χ4n) is 3.44. The van der Waals surface area contributed by atoms with Gasteiger partial charge in [0.1, 0.15) is 0 Å². The standard InChI is InChI=1S/C21H20N2O2S/c24-20(22-18-10-9-15-5-1-2-6-16(15)13-18)17-7-3-11-23(14-17)21(25)19-8-4-12-26-19/h1-2,4-6,8-10,12-13,17H,3,7,11,14H2,(H,22,24)/t17-/m0/s1. The molecule has 1 N–H and O–H groups in total. The lowest BCUT2D eigenvalue weighted by Crippen LogP contribution is -2.43. The van der Waals surface area contributed by atoms with Crippen molar-refractivity contribution in [3.05, 3.63) is 64.9 Å². The predicted octanol–water partition coefficient (Wildman–Crippen LogP) is 4.39. The maximum absolute atomic E-state index is 12.7. The normalized spacial score (nSPS) is 17.2. The number of nitrogens with one attached hydrogen (secondary N) is 1. The maximum Gasteiger partial charge on any atom is 0.263 e. The van der Waals surface area contributed by atoms with E-state index in [1.165, 1.54) is 11.3 Å². The molecule has 26 heavy (non-hydrogen) atoms. The van der Waals surface area contributed by atoms with E-state index < -0.39 is 0 Å². The molecule has 0 spiro atoms. The smallest absolute Gasteiger partial charge is 0.263 e. The second-order valence-electron chi connectivity index (χ2n) is 6.62. The lowest BCUT2D eigenvalue weighted by molar-refractivity contribution is -0.121. The van der Waals surface area contributed by atoms with Crippen LogP contribution in [0.1, 0.15) is 22.5 Å². The molecule has 2 heterocycles. The number of hydrogen-bond donors (Lipinski definition) is 1. The van der Waals surface area contributed by atoms with E-state index >= 15 is 0 Å². The van der Waals surface area contributed by atoms with Gasteiger partial charge in [0.05, 0.1) is 10.8 Å². The van der Waals surface area contributed by atoms with Crippen LogP contribution >= 0.6 is 11.3 Å². The van der Waals surface area contributed by atoms with Crippen molar-refractivity contribution in [1.29, 1.82) is 0 Å². The molecule has 4 rings (SSSR count). The number of piperidine rings is 1. The molecular weight excluding hydrogens is 344 g/mol. The third-order valence-electron chi connectivity index (χ3n) is 4.83. The van der Waals surface area contributed by atoms with Crippen molar-refractivity contribution < 1.29 is 9.59 Å². The van der Waals surface area contributed by atoms with Gasteiger partial charge in [-0.2, -0.15) is 0 Å². The topological polar surface area (TPSA) is 49.4 Å². The Morgan fingerprint density at radius 2 is 1.88 bits per heavy atom. The Morgan fingerprint density at radius 3 is 2.69 bits per heavy atom. The van der Waals surface area contributed by atoms with Crippen LogP contribution in [0.15, 0.2) is 60.0 Å². The number of nitrogens with zero attached hydrogens (tertiary/aromatic N) is 1. The average molecular weight is 364 g/mol. The van der Waals surface area contributed by atoms with Crippen LogP contribution in [0.3, 0.4) is 0 Å². The summed E-state index contributed by atoms with van der Waals surface area (Å²) in [6.07, 6.45) is 1.67. The Kier molecular flexibility index (Phi) is 4.71. The first-order valence-electron chi connectivity index (χ1n) is 8.83. The molecule has 0 bridgehead atoms. The van der Waals surface area contributed by atoms with Gasteiger partial charge in [0.15, 0.2) is 0 Å². The van der Waals surface area contributed by atoms with Gasteiger partial charge in [-0.25, -0.2) is 0 Å². The summed E-state index contributed by atoms with van der Waals surface area (Å²) >= 11 is 1.45. The van der Waals surface area contributed by atoms with Crippen molar-refractivity contribution in [1.82, 2.24) is 4.90 Å². The van der Waals surface area contributed by atoms with Gasteiger partial charge in [-0.05, 0) is 47.2 Å². The minimum atomic E-state index is -0.167. The number of fused-ring (bicyclic) bond motifs is 1. The first-order valence-corrected chi connectivity index (χ1v) is 9.71. The Bertz CT molecular complexity index is 936. The quantitative estimate of drug-likeness (QED) is 0.749. The molecule has 1 saturated heterocycles. The van der Waals surface area contributed by atoms with E-state index in [9.17, 15) is 9.59 Å². The van der Waals surface area contributed by atoms with E-state index in [1.54, 1.807) is 4.90 Å². The minimum Gasteiger partial charge on any atom is -0.337 e. The van der Waals surface area contributed by atoms with Gasteiger partial charge in [-0.15, -0.1) is 11.3 Å². The third-order valence-corrected chi connectivity index (χ3v) is 5.69. The molecule has 4 nitrogen and oxygen atoms in total. The van der Waals surface area contributed by atoms with E-state index in [0.717, 1.165) is 40.7 Å². The van der Waals surface area contributed by atoms with Gasteiger partial charge < -0.3 is 10.2 Å². The van der Waals surface area contributed by atoms with E-state index in [2.05, 4.69) is 11.4 Å². The Morgan fingerprint density at radius 1 is 1.04 bits per heavy atom. The first-order chi connectivity index (χ1) is 12.7. The van der Waals surface area contributed by atoms with Crippen LogP contribution in [0.25, 0.3) is 10.8 Å². The highest BCUT2D eigenvalue weighted by Crippen LogP contribution is 2.23. The number of thiophene rings is 1. The van der Waals surface area contributed by atoms with Crippen LogP contribution in [-0.2, 0) is 4.79 Å². The van der Waals surface area contributed by atoms with E-state index in [0.29, 0.717) is 6.54 Å². The Hall–Kier alpha value is -2.66. The van der Waals surface area contributed by atoms with E-state index in [1.807, 2.05) is 53.9 Å². The molecule has 5 heteroatoms. The predicted molar refractivity (Wildman–Crippen MR) is 106 cm³/mol. The highest BCUT2D eigenvalue weighted by Gasteiger charge is 2.29.